The Morgan fingerprint density at radius 3 is 2.69 bits per heavy atom. The number of rotatable bonds is 9. The van der Waals surface area contributed by atoms with E-state index in [2.05, 4.69) is 16.9 Å². The molecule has 0 saturated carbocycles. The van der Waals surface area contributed by atoms with Crippen molar-refractivity contribution in [2.24, 2.45) is 0 Å². The van der Waals surface area contributed by atoms with Gasteiger partial charge in [0.15, 0.2) is 11.5 Å². The van der Waals surface area contributed by atoms with Crippen molar-refractivity contribution in [3.05, 3.63) is 96.2 Å². The Labute approximate surface area is 230 Å². The van der Waals surface area contributed by atoms with Crippen molar-refractivity contribution in [1.82, 2.24) is 14.5 Å². The van der Waals surface area contributed by atoms with Crippen LogP contribution >= 0.6 is 11.6 Å². The second-order valence-electron chi connectivity index (χ2n) is 8.62. The standard InChI is InChI=1S/C29H25ClN4O5/c1-3-13-33(28(36)20-9-12-25-26(14-20)39-18-38-25)17-27(35)32-29-31-24(19-7-10-21(30)11-8-19)16-34(29)22-5-4-6-23(15-22)37-2/h3-12,14-16H,1,13,17-18H2,2H3,(H,31,32,35). The number of aromatic nitrogens is 2. The van der Waals surface area contributed by atoms with E-state index >= 15 is 0 Å². The molecule has 2 heterocycles. The number of amides is 2. The minimum Gasteiger partial charge on any atom is -0.497 e. The Morgan fingerprint density at radius 2 is 1.92 bits per heavy atom. The summed E-state index contributed by atoms with van der Waals surface area (Å²) in [4.78, 5) is 32.6. The van der Waals surface area contributed by atoms with E-state index in [1.54, 1.807) is 48.1 Å². The van der Waals surface area contributed by atoms with Gasteiger partial charge in [-0.15, -0.1) is 6.58 Å². The first-order valence-corrected chi connectivity index (χ1v) is 12.4. The molecule has 198 valence electrons. The van der Waals surface area contributed by atoms with Crippen LogP contribution in [0.15, 0.2) is 85.6 Å². The van der Waals surface area contributed by atoms with Gasteiger partial charge in [-0.1, -0.05) is 35.9 Å². The topological polar surface area (TPSA) is 94.9 Å². The average molecular weight is 545 g/mol. The van der Waals surface area contributed by atoms with Crippen molar-refractivity contribution < 1.29 is 23.8 Å². The molecule has 1 N–H and O–H groups in total. The van der Waals surface area contributed by atoms with Gasteiger partial charge in [0, 0.05) is 35.0 Å². The summed E-state index contributed by atoms with van der Waals surface area (Å²) in [6.45, 7) is 3.78. The van der Waals surface area contributed by atoms with E-state index in [1.165, 1.54) is 4.90 Å². The average Bonchev–Trinajstić information content (AvgIpc) is 3.59. The van der Waals surface area contributed by atoms with Crippen molar-refractivity contribution >= 4 is 29.4 Å². The molecule has 2 amide bonds. The minimum atomic E-state index is -0.427. The summed E-state index contributed by atoms with van der Waals surface area (Å²) in [7, 11) is 1.58. The van der Waals surface area contributed by atoms with E-state index < -0.39 is 5.91 Å². The third-order valence-corrected chi connectivity index (χ3v) is 6.27. The SMILES string of the molecule is C=CCN(CC(=O)Nc1nc(-c2ccc(Cl)cc2)cn1-c1cccc(OC)c1)C(=O)c1ccc2c(c1)OCO2. The highest BCUT2D eigenvalue weighted by Crippen LogP contribution is 2.33. The summed E-state index contributed by atoms with van der Waals surface area (Å²) >= 11 is 6.06. The Kier molecular flexibility index (Phi) is 7.51. The summed E-state index contributed by atoms with van der Waals surface area (Å²) in [5, 5.41) is 3.46. The van der Waals surface area contributed by atoms with Crippen molar-refractivity contribution in [3.63, 3.8) is 0 Å². The molecule has 10 heteroatoms. The molecule has 1 aliphatic rings. The van der Waals surface area contributed by atoms with Gasteiger partial charge in [-0.3, -0.25) is 19.5 Å². The maximum atomic E-state index is 13.3. The Bertz CT molecular complexity index is 1530. The molecule has 0 unspecified atom stereocenters. The van der Waals surface area contributed by atoms with Crippen molar-refractivity contribution in [1.29, 1.82) is 0 Å². The molecule has 0 saturated heterocycles. The fraction of sp³-hybridized carbons (Fsp3) is 0.138. The Morgan fingerprint density at radius 1 is 1.13 bits per heavy atom. The van der Waals surface area contributed by atoms with Crippen LogP contribution in [0, 0.1) is 0 Å². The number of carbonyl (C=O) groups excluding carboxylic acids is 2. The fourth-order valence-electron chi connectivity index (χ4n) is 4.11. The van der Waals surface area contributed by atoms with E-state index in [-0.39, 0.29) is 31.7 Å². The van der Waals surface area contributed by atoms with Crippen LogP contribution in [0.3, 0.4) is 0 Å². The van der Waals surface area contributed by atoms with Crippen LogP contribution < -0.4 is 19.5 Å². The molecule has 3 aromatic carbocycles. The summed E-state index contributed by atoms with van der Waals surface area (Å²) in [6, 6.07) is 19.5. The summed E-state index contributed by atoms with van der Waals surface area (Å²) < 4.78 is 17.8. The van der Waals surface area contributed by atoms with Crippen molar-refractivity contribution in [2.45, 2.75) is 0 Å². The minimum absolute atomic E-state index is 0.101. The lowest BCUT2D eigenvalue weighted by Crippen LogP contribution is -2.38. The van der Waals surface area contributed by atoms with Gasteiger partial charge < -0.3 is 19.1 Å². The number of benzene rings is 3. The number of carbonyl (C=O) groups is 2. The second kappa shape index (κ2) is 11.3. The number of hydrogen-bond donors (Lipinski definition) is 1. The third kappa shape index (κ3) is 5.73. The molecule has 39 heavy (non-hydrogen) atoms. The van der Waals surface area contributed by atoms with Crippen LogP contribution in [-0.4, -0.2) is 53.3 Å². The summed E-state index contributed by atoms with van der Waals surface area (Å²) in [5.41, 5.74) is 2.56. The highest BCUT2D eigenvalue weighted by Gasteiger charge is 2.23. The van der Waals surface area contributed by atoms with E-state index in [1.807, 2.05) is 42.6 Å². The second-order valence-corrected chi connectivity index (χ2v) is 9.06. The first-order chi connectivity index (χ1) is 18.9. The molecule has 0 fully saturated rings. The predicted molar refractivity (Wildman–Crippen MR) is 148 cm³/mol. The zero-order valence-corrected chi connectivity index (χ0v) is 21.9. The normalized spacial score (nSPS) is 11.6. The molecule has 0 aliphatic carbocycles. The molecular weight excluding hydrogens is 520 g/mol. The highest BCUT2D eigenvalue weighted by atomic mass is 35.5. The van der Waals surface area contributed by atoms with E-state index in [9.17, 15) is 9.59 Å². The van der Waals surface area contributed by atoms with Crippen LogP contribution in [0.1, 0.15) is 10.4 Å². The first kappa shape index (κ1) is 25.9. The lowest BCUT2D eigenvalue weighted by Gasteiger charge is -2.21. The molecule has 5 rings (SSSR count). The lowest BCUT2D eigenvalue weighted by molar-refractivity contribution is -0.116. The summed E-state index contributed by atoms with van der Waals surface area (Å²) in [5.74, 6) is 1.22. The van der Waals surface area contributed by atoms with Crippen LogP contribution in [-0.2, 0) is 4.79 Å². The number of ether oxygens (including phenoxy) is 3. The number of methoxy groups -OCH3 is 1. The number of nitrogens with one attached hydrogen (secondary N) is 1. The van der Waals surface area contributed by atoms with E-state index in [0.29, 0.717) is 33.5 Å². The molecule has 0 atom stereocenters. The highest BCUT2D eigenvalue weighted by molar-refractivity contribution is 6.30. The molecule has 0 bridgehead atoms. The van der Waals surface area contributed by atoms with Crippen LogP contribution in [0.2, 0.25) is 5.02 Å². The number of anilines is 1. The quantitative estimate of drug-likeness (QED) is 0.291. The number of halogens is 1. The van der Waals surface area contributed by atoms with Gasteiger partial charge in [-0.2, -0.15) is 0 Å². The van der Waals surface area contributed by atoms with Gasteiger partial charge in [0.05, 0.1) is 18.5 Å². The Hall–Kier alpha value is -4.76. The molecule has 9 nitrogen and oxygen atoms in total. The Balaban J connectivity index is 1.41. The van der Waals surface area contributed by atoms with E-state index in [4.69, 9.17) is 25.8 Å². The van der Waals surface area contributed by atoms with Gasteiger partial charge in [-0.25, -0.2) is 4.98 Å². The van der Waals surface area contributed by atoms with Gasteiger partial charge >= 0.3 is 0 Å². The number of hydrogen-bond acceptors (Lipinski definition) is 6. The molecule has 1 aliphatic heterocycles. The van der Waals surface area contributed by atoms with Crippen LogP contribution in [0.25, 0.3) is 16.9 Å². The molecule has 0 radical (unpaired) electrons. The van der Waals surface area contributed by atoms with Gasteiger partial charge in [-0.05, 0) is 42.5 Å². The van der Waals surface area contributed by atoms with Crippen molar-refractivity contribution in [3.8, 4) is 34.2 Å². The third-order valence-electron chi connectivity index (χ3n) is 6.02. The maximum absolute atomic E-state index is 13.3. The monoisotopic (exact) mass is 544 g/mol. The summed E-state index contributed by atoms with van der Waals surface area (Å²) in [6.07, 6.45) is 3.38. The van der Waals surface area contributed by atoms with Gasteiger partial charge in [0.1, 0.15) is 12.3 Å². The molecular formula is C29H25ClN4O5. The van der Waals surface area contributed by atoms with E-state index in [0.717, 1.165) is 11.3 Å². The largest absolute Gasteiger partial charge is 0.497 e. The zero-order valence-electron chi connectivity index (χ0n) is 21.1. The number of fused-ring (bicyclic) bond motifs is 1. The fourth-order valence-corrected chi connectivity index (χ4v) is 4.24. The van der Waals surface area contributed by atoms with Crippen LogP contribution in [0.4, 0.5) is 5.95 Å². The molecule has 0 spiro atoms. The first-order valence-electron chi connectivity index (χ1n) is 12.0. The van der Waals surface area contributed by atoms with Crippen LogP contribution in [0.5, 0.6) is 17.2 Å². The van der Waals surface area contributed by atoms with Crippen molar-refractivity contribution in [2.75, 3.05) is 32.3 Å². The number of nitrogens with zero attached hydrogens (tertiary/aromatic N) is 3. The zero-order chi connectivity index (χ0) is 27.4. The molecule has 4 aromatic rings. The van der Waals surface area contributed by atoms with Gasteiger partial charge in [0.25, 0.3) is 5.91 Å². The smallest absolute Gasteiger partial charge is 0.254 e. The van der Waals surface area contributed by atoms with Gasteiger partial charge in [0.2, 0.25) is 18.6 Å². The number of imidazole rings is 1. The lowest BCUT2D eigenvalue weighted by atomic mass is 10.1. The molecule has 1 aromatic heterocycles. The maximum Gasteiger partial charge on any atom is 0.254 e. The predicted octanol–water partition coefficient (Wildman–Crippen LogP) is 5.20.